The summed E-state index contributed by atoms with van der Waals surface area (Å²) in [7, 11) is 0. The fourth-order valence-corrected chi connectivity index (χ4v) is 2.76. The smallest absolute Gasteiger partial charge is 0.00925 e. The van der Waals surface area contributed by atoms with Gasteiger partial charge in [0.2, 0.25) is 0 Å². The predicted molar refractivity (Wildman–Crippen MR) is 59.3 cm³/mol. The minimum Gasteiger partial charge on any atom is -0.0764 e. The van der Waals surface area contributed by atoms with Crippen molar-refractivity contribution < 1.29 is 0 Å². The lowest BCUT2D eigenvalue weighted by molar-refractivity contribution is 0.592. The van der Waals surface area contributed by atoms with E-state index in [1.807, 2.05) is 0 Å². The average molecular weight is 182 g/mol. The molecule has 0 saturated carbocycles. The Labute approximate surface area is 85.0 Å². The normalized spacial score (nSPS) is 28.2. The molecule has 0 saturated heterocycles. The van der Waals surface area contributed by atoms with Gasteiger partial charge in [-0.25, -0.2) is 0 Å². The Hall–Kier alpha value is -1.30. The summed E-state index contributed by atoms with van der Waals surface area (Å²) in [6.45, 7) is 2.26. The van der Waals surface area contributed by atoms with Crippen LogP contribution in [0, 0.1) is 5.92 Å². The molecule has 3 rings (SSSR count). The van der Waals surface area contributed by atoms with Gasteiger partial charge in [-0.1, -0.05) is 48.1 Å². The molecule has 70 valence electrons. The SMILES string of the molecule is CC1=CC=CC2c3ccccc3CC12. The van der Waals surface area contributed by atoms with Gasteiger partial charge in [0.15, 0.2) is 0 Å². The van der Waals surface area contributed by atoms with E-state index in [0.29, 0.717) is 5.92 Å². The molecular weight excluding hydrogens is 168 g/mol. The van der Waals surface area contributed by atoms with E-state index in [1.165, 1.54) is 12.0 Å². The van der Waals surface area contributed by atoms with Crippen LogP contribution in [0.2, 0.25) is 0 Å². The first-order valence-electron chi connectivity index (χ1n) is 5.29. The lowest BCUT2D eigenvalue weighted by Gasteiger charge is -2.20. The Morgan fingerprint density at radius 1 is 1.21 bits per heavy atom. The zero-order valence-corrected chi connectivity index (χ0v) is 8.40. The lowest BCUT2D eigenvalue weighted by atomic mass is 9.84. The largest absolute Gasteiger partial charge is 0.0764 e. The highest BCUT2D eigenvalue weighted by molar-refractivity contribution is 5.44. The molecule has 2 aliphatic carbocycles. The number of rotatable bonds is 0. The van der Waals surface area contributed by atoms with Crippen LogP contribution < -0.4 is 0 Å². The summed E-state index contributed by atoms with van der Waals surface area (Å²) in [6.07, 6.45) is 8.04. The molecule has 0 nitrogen and oxygen atoms in total. The summed E-state index contributed by atoms with van der Waals surface area (Å²) >= 11 is 0. The molecule has 1 aromatic rings. The van der Waals surface area contributed by atoms with E-state index in [4.69, 9.17) is 0 Å². The molecule has 0 radical (unpaired) electrons. The fraction of sp³-hybridized carbons (Fsp3) is 0.286. The molecule has 2 atom stereocenters. The summed E-state index contributed by atoms with van der Waals surface area (Å²) < 4.78 is 0. The van der Waals surface area contributed by atoms with Gasteiger partial charge in [0.05, 0.1) is 0 Å². The van der Waals surface area contributed by atoms with Gasteiger partial charge in [-0.05, 0) is 30.4 Å². The molecule has 0 heteroatoms. The number of hydrogen-bond donors (Lipinski definition) is 0. The van der Waals surface area contributed by atoms with Gasteiger partial charge >= 0.3 is 0 Å². The Bertz CT molecular complexity index is 423. The standard InChI is InChI=1S/C14H14/c1-10-5-4-8-13-12-7-3-2-6-11(12)9-14(10)13/h2-8,13-14H,9H2,1H3. The quantitative estimate of drug-likeness (QED) is 0.576. The first-order chi connectivity index (χ1) is 6.86. The van der Waals surface area contributed by atoms with Crippen LogP contribution >= 0.6 is 0 Å². The van der Waals surface area contributed by atoms with Gasteiger partial charge < -0.3 is 0 Å². The molecule has 0 aliphatic heterocycles. The topological polar surface area (TPSA) is 0 Å². The Morgan fingerprint density at radius 3 is 3.00 bits per heavy atom. The maximum absolute atomic E-state index is 2.35. The Morgan fingerprint density at radius 2 is 2.07 bits per heavy atom. The van der Waals surface area contributed by atoms with Gasteiger partial charge in [-0.2, -0.15) is 0 Å². The van der Waals surface area contributed by atoms with Crippen molar-refractivity contribution >= 4 is 0 Å². The van der Waals surface area contributed by atoms with E-state index in [-0.39, 0.29) is 0 Å². The predicted octanol–water partition coefficient (Wildman–Crippen LogP) is 3.46. The number of benzene rings is 1. The van der Waals surface area contributed by atoms with Crippen LogP contribution in [-0.4, -0.2) is 0 Å². The third-order valence-electron chi connectivity index (χ3n) is 3.55. The molecule has 0 amide bonds. The third kappa shape index (κ3) is 1.00. The van der Waals surface area contributed by atoms with Gasteiger partial charge in [0.1, 0.15) is 0 Å². The second kappa shape index (κ2) is 2.84. The molecule has 0 bridgehead atoms. The molecule has 0 fully saturated rings. The molecule has 0 aromatic heterocycles. The Kier molecular flexibility index (Phi) is 1.63. The first kappa shape index (κ1) is 8.05. The van der Waals surface area contributed by atoms with Gasteiger partial charge in [-0.15, -0.1) is 0 Å². The lowest BCUT2D eigenvalue weighted by Crippen LogP contribution is -2.09. The maximum atomic E-state index is 2.35. The summed E-state index contributed by atoms with van der Waals surface area (Å²) in [5.74, 6) is 1.38. The van der Waals surface area contributed by atoms with Gasteiger partial charge in [-0.3, -0.25) is 0 Å². The zero-order chi connectivity index (χ0) is 9.54. The average Bonchev–Trinajstić information content (AvgIpc) is 2.59. The minimum atomic E-state index is 0.649. The molecule has 0 heterocycles. The van der Waals surface area contributed by atoms with E-state index < -0.39 is 0 Å². The van der Waals surface area contributed by atoms with Crippen molar-refractivity contribution in [2.45, 2.75) is 19.3 Å². The molecular formula is C14H14. The van der Waals surface area contributed by atoms with Crippen LogP contribution in [0.15, 0.2) is 48.1 Å². The van der Waals surface area contributed by atoms with Crippen LogP contribution in [0.5, 0.6) is 0 Å². The van der Waals surface area contributed by atoms with Crippen molar-refractivity contribution in [3.63, 3.8) is 0 Å². The summed E-state index contributed by atoms with van der Waals surface area (Å²) in [6, 6.07) is 8.86. The van der Waals surface area contributed by atoms with Crippen LogP contribution in [0.1, 0.15) is 24.0 Å². The fourth-order valence-electron chi connectivity index (χ4n) is 2.76. The van der Waals surface area contributed by atoms with Crippen LogP contribution in [0.3, 0.4) is 0 Å². The van der Waals surface area contributed by atoms with E-state index in [0.717, 1.165) is 5.92 Å². The minimum absolute atomic E-state index is 0.649. The van der Waals surface area contributed by atoms with Crippen LogP contribution in [0.4, 0.5) is 0 Å². The Balaban J connectivity index is 2.11. The van der Waals surface area contributed by atoms with Crippen molar-refractivity contribution in [1.82, 2.24) is 0 Å². The van der Waals surface area contributed by atoms with Crippen molar-refractivity contribution in [3.05, 3.63) is 59.2 Å². The van der Waals surface area contributed by atoms with Crippen LogP contribution in [0.25, 0.3) is 0 Å². The third-order valence-corrected chi connectivity index (χ3v) is 3.55. The molecule has 0 spiro atoms. The van der Waals surface area contributed by atoms with Gasteiger partial charge in [0, 0.05) is 5.92 Å². The van der Waals surface area contributed by atoms with E-state index in [9.17, 15) is 0 Å². The van der Waals surface area contributed by atoms with Crippen molar-refractivity contribution in [2.75, 3.05) is 0 Å². The molecule has 14 heavy (non-hydrogen) atoms. The summed E-state index contributed by atoms with van der Waals surface area (Å²) in [5, 5.41) is 0. The van der Waals surface area contributed by atoms with Gasteiger partial charge in [0.25, 0.3) is 0 Å². The second-order valence-corrected chi connectivity index (χ2v) is 4.33. The maximum Gasteiger partial charge on any atom is 0.00925 e. The molecule has 1 aromatic carbocycles. The summed E-state index contributed by atoms with van der Waals surface area (Å²) in [5.41, 5.74) is 4.62. The summed E-state index contributed by atoms with van der Waals surface area (Å²) in [4.78, 5) is 0. The highest BCUT2D eigenvalue weighted by Crippen LogP contribution is 2.43. The highest BCUT2D eigenvalue weighted by Gasteiger charge is 2.32. The monoisotopic (exact) mass is 182 g/mol. The number of fused-ring (bicyclic) bond motifs is 3. The highest BCUT2D eigenvalue weighted by atomic mass is 14.4. The molecule has 2 unspecified atom stereocenters. The first-order valence-corrected chi connectivity index (χ1v) is 5.29. The number of allylic oxidation sites excluding steroid dienone is 4. The van der Waals surface area contributed by atoms with Crippen molar-refractivity contribution in [1.29, 1.82) is 0 Å². The van der Waals surface area contributed by atoms with E-state index >= 15 is 0 Å². The number of hydrogen-bond acceptors (Lipinski definition) is 0. The van der Waals surface area contributed by atoms with Crippen molar-refractivity contribution in [2.24, 2.45) is 5.92 Å². The van der Waals surface area contributed by atoms with E-state index in [2.05, 4.69) is 49.4 Å². The molecule has 0 N–H and O–H groups in total. The van der Waals surface area contributed by atoms with E-state index in [1.54, 1.807) is 11.1 Å². The molecule has 2 aliphatic rings. The van der Waals surface area contributed by atoms with Crippen molar-refractivity contribution in [3.8, 4) is 0 Å². The zero-order valence-electron chi connectivity index (χ0n) is 8.40. The van der Waals surface area contributed by atoms with Crippen LogP contribution in [-0.2, 0) is 6.42 Å². The second-order valence-electron chi connectivity index (χ2n) is 4.33.